The summed E-state index contributed by atoms with van der Waals surface area (Å²) in [5, 5.41) is 2.35. The van der Waals surface area contributed by atoms with Crippen molar-refractivity contribution in [3.05, 3.63) is 0 Å². The topological polar surface area (TPSA) is 95.9 Å². The summed E-state index contributed by atoms with van der Waals surface area (Å²) in [6, 6.07) is 0. The van der Waals surface area contributed by atoms with Gasteiger partial charge in [-0.3, -0.25) is 4.79 Å². The van der Waals surface area contributed by atoms with Crippen molar-refractivity contribution in [3.8, 4) is 0 Å². The number of rotatable bonds is 6. The molecule has 0 radical (unpaired) electrons. The summed E-state index contributed by atoms with van der Waals surface area (Å²) in [4.78, 5) is 43.4. The second-order valence-electron chi connectivity index (χ2n) is 7.12. The molecule has 3 N–H and O–H groups in total. The standard InChI is InChI=1S/C15H28NO5P/c1-15(2,3)21-14(18)16-9-13(17)11-22(19,20)10-12-7-5-4-6-8-12/h12,19-20H,4-11H2,1-3H3/p+1. The number of alkyl carbamates (subject to hydrolysis) is 1. The molecule has 0 unspecified atom stereocenters. The summed E-state index contributed by atoms with van der Waals surface area (Å²) in [6.45, 7) is 4.96. The highest BCUT2D eigenvalue weighted by atomic mass is 31.2. The first-order chi connectivity index (χ1) is 10.1. The lowest BCUT2D eigenvalue weighted by Gasteiger charge is -2.23. The average molecular weight is 334 g/mol. The lowest BCUT2D eigenvalue weighted by molar-refractivity contribution is -0.116. The minimum atomic E-state index is -3.21. The molecular formula is C15H29NO5P+. The Morgan fingerprint density at radius 3 is 2.32 bits per heavy atom. The van der Waals surface area contributed by atoms with Gasteiger partial charge < -0.3 is 10.1 Å². The Kier molecular flexibility index (Phi) is 7.23. The molecule has 128 valence electrons. The molecular weight excluding hydrogens is 305 g/mol. The Hall–Kier alpha value is -0.710. The number of ether oxygens (including phenoxy) is 1. The number of carbonyl (C=O) groups is 2. The van der Waals surface area contributed by atoms with Crippen LogP contribution in [-0.2, 0) is 9.53 Å². The van der Waals surface area contributed by atoms with E-state index in [4.69, 9.17) is 4.74 Å². The Morgan fingerprint density at radius 1 is 1.18 bits per heavy atom. The first-order valence-electron chi connectivity index (χ1n) is 7.88. The largest absolute Gasteiger partial charge is 0.444 e. The molecule has 0 spiro atoms. The Bertz CT molecular complexity index is 386. The number of hydrogen-bond donors (Lipinski definition) is 3. The predicted octanol–water partition coefficient (Wildman–Crippen LogP) is 2.49. The smallest absolute Gasteiger partial charge is 0.408 e. The molecule has 6 nitrogen and oxygen atoms in total. The highest BCUT2D eigenvalue weighted by molar-refractivity contribution is 7.65. The van der Waals surface area contributed by atoms with E-state index in [1.807, 2.05) is 0 Å². The first kappa shape index (κ1) is 19.3. The summed E-state index contributed by atoms with van der Waals surface area (Å²) in [6.07, 6.45) is 4.85. The lowest BCUT2D eigenvalue weighted by Crippen LogP contribution is -2.36. The SMILES string of the molecule is CC(C)(C)OC(=O)NCC(=O)C[P+](O)(O)CC1CCCCC1. The maximum Gasteiger partial charge on any atom is 0.408 e. The van der Waals surface area contributed by atoms with Gasteiger partial charge in [-0.15, -0.1) is 0 Å². The maximum absolute atomic E-state index is 11.8. The summed E-state index contributed by atoms with van der Waals surface area (Å²) in [7, 11) is -3.21. The molecule has 1 aliphatic rings. The van der Waals surface area contributed by atoms with E-state index in [0.29, 0.717) is 12.1 Å². The van der Waals surface area contributed by atoms with Gasteiger partial charge in [0.05, 0.1) is 6.54 Å². The van der Waals surface area contributed by atoms with E-state index >= 15 is 0 Å². The van der Waals surface area contributed by atoms with Crippen LogP contribution in [0.1, 0.15) is 52.9 Å². The fourth-order valence-electron chi connectivity index (χ4n) is 2.67. The number of nitrogens with one attached hydrogen (secondary N) is 1. The molecule has 1 amide bonds. The fourth-order valence-corrected chi connectivity index (χ4v) is 4.67. The number of ketones is 1. The summed E-state index contributed by atoms with van der Waals surface area (Å²) >= 11 is 0. The van der Waals surface area contributed by atoms with Gasteiger partial charge in [0.2, 0.25) is 0 Å². The molecule has 0 bridgehead atoms. The van der Waals surface area contributed by atoms with Gasteiger partial charge >= 0.3 is 6.09 Å². The molecule has 1 saturated carbocycles. The number of hydrogen-bond acceptors (Lipinski definition) is 5. The van der Waals surface area contributed by atoms with Gasteiger partial charge in [0, 0.05) is 0 Å². The average Bonchev–Trinajstić information content (AvgIpc) is 2.34. The van der Waals surface area contributed by atoms with Crippen molar-refractivity contribution in [2.45, 2.75) is 58.5 Å². The minimum absolute atomic E-state index is 0.234. The zero-order valence-electron chi connectivity index (χ0n) is 13.8. The third kappa shape index (κ3) is 8.66. The number of carbonyl (C=O) groups excluding carboxylic acids is 2. The highest BCUT2D eigenvalue weighted by Gasteiger charge is 2.39. The molecule has 1 rings (SSSR count). The third-order valence-electron chi connectivity index (χ3n) is 3.53. The fraction of sp³-hybridized carbons (Fsp3) is 0.867. The van der Waals surface area contributed by atoms with Crippen LogP contribution in [0.4, 0.5) is 4.79 Å². The maximum atomic E-state index is 11.8. The van der Waals surface area contributed by atoms with E-state index in [0.717, 1.165) is 25.7 Å². The first-order valence-corrected chi connectivity index (χ1v) is 9.95. The second-order valence-corrected chi connectivity index (χ2v) is 9.56. The molecule has 1 aliphatic carbocycles. The van der Waals surface area contributed by atoms with Gasteiger partial charge in [-0.25, -0.2) is 14.6 Å². The molecule has 0 aromatic rings. The summed E-state index contributed by atoms with van der Waals surface area (Å²) in [5.74, 6) is -0.0660. The van der Waals surface area contributed by atoms with E-state index in [-0.39, 0.29) is 18.5 Å². The van der Waals surface area contributed by atoms with Crippen molar-refractivity contribution >= 4 is 19.6 Å². The van der Waals surface area contributed by atoms with E-state index in [1.165, 1.54) is 6.42 Å². The quantitative estimate of drug-likeness (QED) is 0.649. The zero-order chi connectivity index (χ0) is 16.8. The molecule has 0 aromatic heterocycles. The second kappa shape index (κ2) is 8.23. The van der Waals surface area contributed by atoms with E-state index in [1.54, 1.807) is 20.8 Å². The van der Waals surface area contributed by atoms with Crippen LogP contribution in [0.3, 0.4) is 0 Å². The summed E-state index contributed by atoms with van der Waals surface area (Å²) in [5.41, 5.74) is -0.626. The van der Waals surface area contributed by atoms with Crippen molar-refractivity contribution in [3.63, 3.8) is 0 Å². The Labute approximate surface area is 133 Å². The molecule has 0 atom stereocenters. The van der Waals surface area contributed by atoms with Crippen LogP contribution in [0, 0.1) is 5.92 Å². The van der Waals surface area contributed by atoms with Crippen LogP contribution in [-0.4, -0.2) is 46.1 Å². The Morgan fingerprint density at radius 2 is 1.77 bits per heavy atom. The van der Waals surface area contributed by atoms with Crippen LogP contribution in [0.25, 0.3) is 0 Å². The third-order valence-corrected chi connectivity index (χ3v) is 5.49. The summed E-state index contributed by atoms with van der Waals surface area (Å²) < 4.78 is 5.02. The van der Waals surface area contributed by atoms with Crippen LogP contribution < -0.4 is 5.32 Å². The van der Waals surface area contributed by atoms with E-state index in [2.05, 4.69) is 5.32 Å². The van der Waals surface area contributed by atoms with Crippen molar-refractivity contribution in [1.82, 2.24) is 5.32 Å². The van der Waals surface area contributed by atoms with Crippen LogP contribution in [0.2, 0.25) is 0 Å². The molecule has 0 aromatic carbocycles. The molecule has 1 fully saturated rings. The van der Waals surface area contributed by atoms with Crippen molar-refractivity contribution in [1.29, 1.82) is 0 Å². The molecule has 0 aliphatic heterocycles. The van der Waals surface area contributed by atoms with Gasteiger partial charge in [0.1, 0.15) is 11.8 Å². The molecule has 0 saturated heterocycles. The van der Waals surface area contributed by atoms with Crippen LogP contribution in [0.5, 0.6) is 0 Å². The van der Waals surface area contributed by atoms with Gasteiger partial charge in [0.25, 0.3) is 7.72 Å². The van der Waals surface area contributed by atoms with E-state index < -0.39 is 19.4 Å². The molecule has 0 heterocycles. The predicted molar refractivity (Wildman–Crippen MR) is 86.9 cm³/mol. The van der Waals surface area contributed by atoms with Gasteiger partial charge in [-0.05, 0) is 39.5 Å². The Balaban J connectivity index is 2.31. The van der Waals surface area contributed by atoms with Crippen LogP contribution in [0.15, 0.2) is 0 Å². The van der Waals surface area contributed by atoms with Gasteiger partial charge in [0.15, 0.2) is 11.9 Å². The van der Waals surface area contributed by atoms with Crippen molar-refractivity contribution in [2.24, 2.45) is 5.92 Å². The molecule has 7 heteroatoms. The van der Waals surface area contributed by atoms with Crippen molar-refractivity contribution in [2.75, 3.05) is 18.9 Å². The number of amides is 1. The highest BCUT2D eigenvalue weighted by Crippen LogP contribution is 2.52. The zero-order valence-corrected chi connectivity index (χ0v) is 14.7. The number of Topliss-reactive ketones (excluding diaryl/α,β-unsaturated/α-hetero) is 1. The van der Waals surface area contributed by atoms with Crippen molar-refractivity contribution < 1.29 is 24.1 Å². The lowest BCUT2D eigenvalue weighted by atomic mass is 9.91. The van der Waals surface area contributed by atoms with E-state index in [9.17, 15) is 19.4 Å². The minimum Gasteiger partial charge on any atom is -0.444 e. The van der Waals surface area contributed by atoms with Gasteiger partial charge in [-0.2, -0.15) is 0 Å². The molecule has 22 heavy (non-hydrogen) atoms. The van der Waals surface area contributed by atoms with Gasteiger partial charge in [-0.1, -0.05) is 19.3 Å². The monoisotopic (exact) mass is 334 g/mol. The van der Waals surface area contributed by atoms with Crippen LogP contribution >= 0.6 is 7.72 Å². The normalized spacial score (nSPS) is 17.1.